The minimum absolute atomic E-state index is 0.0353. The van der Waals surface area contributed by atoms with Crippen molar-refractivity contribution in [3.8, 4) is 0 Å². The second-order valence-electron chi connectivity index (χ2n) is 6.77. The van der Waals surface area contributed by atoms with Crippen molar-refractivity contribution in [2.24, 2.45) is 0 Å². The van der Waals surface area contributed by atoms with E-state index < -0.39 is 0 Å². The van der Waals surface area contributed by atoms with Crippen molar-refractivity contribution in [1.82, 2.24) is 20.5 Å². The molecule has 0 spiro atoms. The second-order valence-corrected chi connectivity index (χ2v) is 6.77. The van der Waals surface area contributed by atoms with Crippen molar-refractivity contribution in [2.45, 2.75) is 31.7 Å². The molecular weight excluding hydrogens is 318 g/mol. The van der Waals surface area contributed by atoms with Gasteiger partial charge in [-0.25, -0.2) is 4.98 Å². The van der Waals surface area contributed by atoms with Crippen LogP contribution >= 0.6 is 0 Å². The Balaban J connectivity index is 1.56. The number of anilines is 1. The maximum Gasteiger partial charge on any atom is 0.255 e. The number of carbonyl (C=O) groups excluding carboxylic acids is 2. The van der Waals surface area contributed by atoms with Crippen LogP contribution in [0, 0.1) is 0 Å². The molecule has 25 heavy (non-hydrogen) atoms. The monoisotopic (exact) mass is 345 g/mol. The lowest BCUT2D eigenvalue weighted by Gasteiger charge is -2.32. The van der Waals surface area contributed by atoms with E-state index in [2.05, 4.69) is 25.4 Å². The Labute approximate surface area is 148 Å². The molecule has 0 aliphatic carbocycles. The molecule has 0 bridgehead atoms. The van der Waals surface area contributed by atoms with Crippen LogP contribution in [0.1, 0.15) is 36.0 Å². The van der Waals surface area contributed by atoms with Crippen molar-refractivity contribution in [1.29, 1.82) is 0 Å². The predicted octanol–water partition coefficient (Wildman–Crippen LogP) is 0.622. The first-order valence-corrected chi connectivity index (χ1v) is 9.11. The third-order valence-electron chi connectivity index (χ3n) is 5.01. The predicted molar refractivity (Wildman–Crippen MR) is 96.7 cm³/mol. The number of amides is 2. The molecule has 1 aromatic heterocycles. The van der Waals surface area contributed by atoms with E-state index in [1.54, 1.807) is 13.2 Å². The molecule has 2 aliphatic heterocycles. The van der Waals surface area contributed by atoms with E-state index in [0.29, 0.717) is 12.1 Å². The van der Waals surface area contributed by atoms with Crippen LogP contribution in [-0.2, 0) is 4.79 Å². The first-order valence-electron chi connectivity index (χ1n) is 9.11. The summed E-state index contributed by atoms with van der Waals surface area (Å²) in [5.41, 5.74) is 0.664. The van der Waals surface area contributed by atoms with Crippen LogP contribution in [0.4, 0.5) is 5.82 Å². The number of hydrogen-bond donors (Lipinski definition) is 2. The summed E-state index contributed by atoms with van der Waals surface area (Å²) in [5.74, 6) is 0.794. The highest BCUT2D eigenvalue weighted by molar-refractivity contribution is 5.99. The van der Waals surface area contributed by atoms with E-state index in [1.807, 2.05) is 12.1 Å². The topological polar surface area (TPSA) is 77.6 Å². The van der Waals surface area contributed by atoms with E-state index in [1.165, 1.54) is 0 Å². The summed E-state index contributed by atoms with van der Waals surface area (Å²) in [4.78, 5) is 33.0. The number of nitrogens with zero attached hydrogens (tertiary/aromatic N) is 3. The Kier molecular flexibility index (Phi) is 5.86. The molecule has 0 radical (unpaired) electrons. The van der Waals surface area contributed by atoms with Gasteiger partial charge in [0.25, 0.3) is 5.91 Å². The zero-order valence-corrected chi connectivity index (χ0v) is 14.8. The fraction of sp³-hybridized carbons (Fsp3) is 0.611. The van der Waals surface area contributed by atoms with Gasteiger partial charge in [0.2, 0.25) is 5.91 Å². The van der Waals surface area contributed by atoms with Gasteiger partial charge in [-0.3, -0.25) is 14.5 Å². The average Bonchev–Trinajstić information content (AvgIpc) is 3.18. The van der Waals surface area contributed by atoms with E-state index in [0.717, 1.165) is 57.7 Å². The van der Waals surface area contributed by atoms with Gasteiger partial charge in [-0.05, 0) is 37.8 Å². The summed E-state index contributed by atoms with van der Waals surface area (Å²) < 4.78 is 0. The van der Waals surface area contributed by atoms with Crippen LogP contribution in [0.3, 0.4) is 0 Å². The number of aromatic nitrogens is 1. The number of nitrogens with one attached hydrogen (secondary N) is 2. The molecule has 0 unspecified atom stereocenters. The number of carbonyl (C=O) groups is 2. The smallest absolute Gasteiger partial charge is 0.255 e. The molecule has 136 valence electrons. The summed E-state index contributed by atoms with van der Waals surface area (Å²) in [6, 6.07) is 3.83. The summed E-state index contributed by atoms with van der Waals surface area (Å²) in [6.07, 6.45) is 5.79. The van der Waals surface area contributed by atoms with Gasteiger partial charge in [-0.2, -0.15) is 0 Å². The van der Waals surface area contributed by atoms with Crippen LogP contribution in [-0.4, -0.2) is 67.5 Å². The molecule has 0 aromatic carbocycles. The quantitative estimate of drug-likeness (QED) is 0.818. The standard InChI is InChI=1S/C18H27N5O2/c1-19-16(24)13-22-11-6-14(7-12-22)21-18(25)15-5-4-8-20-17(15)23-9-2-3-10-23/h4-5,8,14H,2-3,6-7,9-13H2,1H3,(H,19,24)(H,21,25). The van der Waals surface area contributed by atoms with E-state index in [-0.39, 0.29) is 17.9 Å². The summed E-state index contributed by atoms with van der Waals surface area (Å²) in [5, 5.41) is 5.80. The van der Waals surface area contributed by atoms with Gasteiger partial charge in [0.1, 0.15) is 5.82 Å². The molecule has 2 amide bonds. The minimum Gasteiger partial charge on any atom is -0.358 e. The lowest BCUT2D eigenvalue weighted by Crippen LogP contribution is -2.47. The van der Waals surface area contributed by atoms with Gasteiger partial charge in [0, 0.05) is 45.5 Å². The van der Waals surface area contributed by atoms with Crippen molar-refractivity contribution in [2.75, 3.05) is 44.7 Å². The lowest BCUT2D eigenvalue weighted by molar-refractivity contribution is -0.122. The van der Waals surface area contributed by atoms with Gasteiger partial charge in [0.05, 0.1) is 12.1 Å². The highest BCUT2D eigenvalue weighted by atomic mass is 16.2. The summed E-state index contributed by atoms with van der Waals surface area (Å²) in [7, 11) is 1.65. The maximum atomic E-state index is 12.7. The first kappa shape index (κ1) is 17.7. The Bertz CT molecular complexity index is 607. The molecule has 0 saturated carbocycles. The van der Waals surface area contributed by atoms with E-state index >= 15 is 0 Å². The highest BCUT2D eigenvalue weighted by Crippen LogP contribution is 2.22. The molecule has 7 heteroatoms. The highest BCUT2D eigenvalue weighted by Gasteiger charge is 2.25. The van der Waals surface area contributed by atoms with Crippen molar-refractivity contribution >= 4 is 17.6 Å². The van der Waals surface area contributed by atoms with Gasteiger partial charge in [0.15, 0.2) is 0 Å². The number of likely N-dealkylation sites (N-methyl/N-ethyl adjacent to an activating group) is 1. The largest absolute Gasteiger partial charge is 0.358 e. The lowest BCUT2D eigenvalue weighted by atomic mass is 10.0. The Hall–Kier alpha value is -2.15. The molecule has 7 nitrogen and oxygen atoms in total. The molecule has 2 saturated heterocycles. The fourth-order valence-electron chi connectivity index (χ4n) is 3.54. The van der Waals surface area contributed by atoms with Crippen molar-refractivity contribution < 1.29 is 9.59 Å². The second kappa shape index (κ2) is 8.29. The number of likely N-dealkylation sites (tertiary alicyclic amines) is 1. The van der Waals surface area contributed by atoms with Gasteiger partial charge >= 0.3 is 0 Å². The normalized spacial score (nSPS) is 19.0. The molecule has 1 aromatic rings. The molecule has 2 fully saturated rings. The average molecular weight is 345 g/mol. The third-order valence-corrected chi connectivity index (χ3v) is 5.01. The summed E-state index contributed by atoms with van der Waals surface area (Å²) in [6.45, 7) is 4.01. The number of rotatable bonds is 5. The molecule has 0 atom stereocenters. The van der Waals surface area contributed by atoms with E-state index in [4.69, 9.17) is 0 Å². The molecular formula is C18H27N5O2. The van der Waals surface area contributed by atoms with Crippen molar-refractivity contribution in [3.63, 3.8) is 0 Å². The third kappa shape index (κ3) is 4.48. The van der Waals surface area contributed by atoms with Crippen LogP contribution < -0.4 is 15.5 Å². The number of hydrogen-bond acceptors (Lipinski definition) is 5. The minimum atomic E-state index is -0.0419. The molecule has 2 aliphatic rings. The van der Waals surface area contributed by atoms with Crippen LogP contribution in [0.5, 0.6) is 0 Å². The Morgan fingerprint density at radius 1 is 1.20 bits per heavy atom. The maximum absolute atomic E-state index is 12.7. The Morgan fingerprint density at radius 2 is 1.92 bits per heavy atom. The Morgan fingerprint density at radius 3 is 2.60 bits per heavy atom. The van der Waals surface area contributed by atoms with Crippen LogP contribution in [0.2, 0.25) is 0 Å². The van der Waals surface area contributed by atoms with Crippen LogP contribution in [0.25, 0.3) is 0 Å². The van der Waals surface area contributed by atoms with Gasteiger partial charge in [-0.1, -0.05) is 0 Å². The summed E-state index contributed by atoms with van der Waals surface area (Å²) >= 11 is 0. The molecule has 3 heterocycles. The van der Waals surface area contributed by atoms with Gasteiger partial charge in [-0.15, -0.1) is 0 Å². The van der Waals surface area contributed by atoms with E-state index in [9.17, 15) is 9.59 Å². The van der Waals surface area contributed by atoms with Crippen LogP contribution in [0.15, 0.2) is 18.3 Å². The number of piperidine rings is 1. The zero-order valence-electron chi connectivity index (χ0n) is 14.8. The number of pyridine rings is 1. The van der Waals surface area contributed by atoms with Crippen molar-refractivity contribution in [3.05, 3.63) is 23.9 Å². The fourth-order valence-corrected chi connectivity index (χ4v) is 3.54. The molecule has 2 N–H and O–H groups in total. The first-order chi connectivity index (χ1) is 12.2. The zero-order chi connectivity index (χ0) is 17.6. The SMILES string of the molecule is CNC(=O)CN1CCC(NC(=O)c2cccnc2N2CCCC2)CC1. The van der Waals surface area contributed by atoms with Gasteiger partial charge < -0.3 is 15.5 Å². The molecule has 3 rings (SSSR count).